The quantitative estimate of drug-likeness (QED) is 0.799. The van der Waals surface area contributed by atoms with Gasteiger partial charge in [-0.1, -0.05) is 18.3 Å². The summed E-state index contributed by atoms with van der Waals surface area (Å²) < 4.78 is 1.61. The molecule has 0 fully saturated rings. The van der Waals surface area contributed by atoms with Crippen LogP contribution in [0.15, 0.2) is 0 Å². The SMILES string of the molecule is CCC(=O)Nc1nn2c(C)nnc2s1. The number of hydrogen-bond acceptors (Lipinski definition) is 5. The van der Waals surface area contributed by atoms with Crippen LogP contribution in [0, 0.1) is 6.92 Å². The van der Waals surface area contributed by atoms with Crippen LogP contribution in [0.3, 0.4) is 0 Å². The summed E-state index contributed by atoms with van der Waals surface area (Å²) in [6, 6.07) is 0. The van der Waals surface area contributed by atoms with Gasteiger partial charge in [0.25, 0.3) is 0 Å². The van der Waals surface area contributed by atoms with Crippen LogP contribution >= 0.6 is 11.3 Å². The average molecular weight is 211 g/mol. The first-order valence-electron chi connectivity index (χ1n) is 4.19. The van der Waals surface area contributed by atoms with Crippen molar-refractivity contribution in [1.82, 2.24) is 19.8 Å². The molecule has 0 aliphatic heterocycles. The minimum atomic E-state index is -0.0485. The number of anilines is 1. The standard InChI is InChI=1S/C7H9N5OS/c1-3-5(13)8-6-11-12-4(2)9-10-7(12)14-6/h3H2,1-2H3,(H,8,11,13). The second-order valence-electron chi connectivity index (χ2n) is 2.75. The Morgan fingerprint density at radius 3 is 3.00 bits per heavy atom. The summed E-state index contributed by atoms with van der Waals surface area (Å²) in [4.78, 5) is 11.8. The lowest BCUT2D eigenvalue weighted by Gasteiger charge is -1.94. The predicted octanol–water partition coefficient (Wildman–Crippen LogP) is 0.843. The molecular weight excluding hydrogens is 202 g/mol. The third kappa shape index (κ3) is 1.46. The van der Waals surface area contributed by atoms with Crippen LogP contribution in [0.4, 0.5) is 5.13 Å². The average Bonchev–Trinajstić information content (AvgIpc) is 2.69. The van der Waals surface area contributed by atoms with Crippen molar-refractivity contribution in [2.75, 3.05) is 5.32 Å². The fraction of sp³-hybridized carbons (Fsp3) is 0.429. The highest BCUT2D eigenvalue weighted by molar-refractivity contribution is 7.20. The Morgan fingerprint density at radius 2 is 2.36 bits per heavy atom. The van der Waals surface area contributed by atoms with Crippen molar-refractivity contribution in [3.8, 4) is 0 Å². The zero-order valence-electron chi connectivity index (χ0n) is 7.81. The highest BCUT2D eigenvalue weighted by Crippen LogP contribution is 2.18. The molecular formula is C7H9N5OS. The highest BCUT2D eigenvalue weighted by Gasteiger charge is 2.09. The molecule has 2 aromatic rings. The highest BCUT2D eigenvalue weighted by atomic mass is 32.1. The molecule has 74 valence electrons. The third-order valence-electron chi connectivity index (χ3n) is 1.71. The van der Waals surface area contributed by atoms with E-state index in [0.717, 1.165) is 0 Å². The minimum absolute atomic E-state index is 0.0485. The molecule has 0 aliphatic rings. The van der Waals surface area contributed by atoms with Gasteiger partial charge in [-0.3, -0.25) is 4.79 Å². The number of carbonyl (C=O) groups excluding carboxylic acids is 1. The minimum Gasteiger partial charge on any atom is -0.301 e. The molecule has 7 heteroatoms. The van der Waals surface area contributed by atoms with E-state index in [-0.39, 0.29) is 5.91 Å². The third-order valence-corrected chi connectivity index (χ3v) is 2.53. The first-order chi connectivity index (χ1) is 6.70. The van der Waals surface area contributed by atoms with Gasteiger partial charge in [0.1, 0.15) is 0 Å². The predicted molar refractivity (Wildman–Crippen MR) is 52.3 cm³/mol. The molecule has 0 aromatic carbocycles. The van der Waals surface area contributed by atoms with E-state index in [0.29, 0.717) is 22.3 Å². The fourth-order valence-corrected chi connectivity index (χ4v) is 1.77. The van der Waals surface area contributed by atoms with Crippen molar-refractivity contribution in [2.24, 2.45) is 0 Å². The van der Waals surface area contributed by atoms with E-state index in [9.17, 15) is 4.79 Å². The van der Waals surface area contributed by atoms with Crippen LogP contribution in [0.1, 0.15) is 19.2 Å². The topological polar surface area (TPSA) is 72.2 Å². The van der Waals surface area contributed by atoms with Gasteiger partial charge in [0, 0.05) is 6.42 Å². The Morgan fingerprint density at radius 1 is 1.57 bits per heavy atom. The molecule has 0 atom stereocenters. The van der Waals surface area contributed by atoms with Crippen molar-refractivity contribution in [2.45, 2.75) is 20.3 Å². The summed E-state index contributed by atoms with van der Waals surface area (Å²) in [5.41, 5.74) is 0. The number of nitrogens with one attached hydrogen (secondary N) is 1. The van der Waals surface area contributed by atoms with E-state index < -0.39 is 0 Å². The summed E-state index contributed by atoms with van der Waals surface area (Å²) in [6.45, 7) is 3.60. The number of hydrogen-bond donors (Lipinski definition) is 1. The van der Waals surface area contributed by atoms with Gasteiger partial charge in [0.15, 0.2) is 5.82 Å². The largest absolute Gasteiger partial charge is 0.301 e. The lowest BCUT2D eigenvalue weighted by atomic mass is 10.5. The maximum atomic E-state index is 11.1. The van der Waals surface area contributed by atoms with Gasteiger partial charge in [-0.2, -0.15) is 4.52 Å². The number of rotatable bonds is 2. The molecule has 0 aliphatic carbocycles. The molecule has 0 bridgehead atoms. The maximum Gasteiger partial charge on any atom is 0.236 e. The summed E-state index contributed by atoms with van der Waals surface area (Å²) in [5, 5.41) is 15.1. The number of fused-ring (bicyclic) bond motifs is 1. The molecule has 0 spiro atoms. The van der Waals surface area contributed by atoms with Crippen LogP contribution < -0.4 is 5.32 Å². The Labute approximate surface area is 84.0 Å². The second-order valence-corrected chi connectivity index (χ2v) is 3.71. The van der Waals surface area contributed by atoms with Crippen LogP contribution in [0.25, 0.3) is 4.96 Å². The zero-order chi connectivity index (χ0) is 10.1. The fourth-order valence-electron chi connectivity index (χ4n) is 0.973. The van der Waals surface area contributed by atoms with E-state index in [1.807, 2.05) is 6.92 Å². The smallest absolute Gasteiger partial charge is 0.236 e. The molecule has 1 N–H and O–H groups in total. The molecule has 0 saturated carbocycles. The first kappa shape index (κ1) is 9.07. The molecule has 14 heavy (non-hydrogen) atoms. The number of carbonyl (C=O) groups is 1. The number of amides is 1. The molecule has 0 radical (unpaired) electrons. The molecule has 2 aromatic heterocycles. The van der Waals surface area contributed by atoms with Crippen molar-refractivity contribution in [3.05, 3.63) is 5.82 Å². The summed E-state index contributed by atoms with van der Waals surface area (Å²) >= 11 is 1.31. The van der Waals surface area contributed by atoms with Crippen LogP contribution in [0.2, 0.25) is 0 Å². The lowest BCUT2D eigenvalue weighted by Crippen LogP contribution is -2.09. The van der Waals surface area contributed by atoms with E-state index in [4.69, 9.17) is 0 Å². The lowest BCUT2D eigenvalue weighted by molar-refractivity contribution is -0.115. The molecule has 1 amide bonds. The van der Waals surface area contributed by atoms with Crippen molar-refractivity contribution < 1.29 is 4.79 Å². The van der Waals surface area contributed by atoms with E-state index in [2.05, 4.69) is 20.6 Å². The number of nitrogens with zero attached hydrogens (tertiary/aromatic N) is 4. The number of aryl methyl sites for hydroxylation is 1. The van der Waals surface area contributed by atoms with Gasteiger partial charge in [0.05, 0.1) is 0 Å². The summed E-state index contributed by atoms with van der Waals surface area (Å²) in [6.07, 6.45) is 0.444. The van der Waals surface area contributed by atoms with E-state index >= 15 is 0 Å². The summed E-state index contributed by atoms with van der Waals surface area (Å²) in [7, 11) is 0. The Bertz CT molecular complexity index is 473. The molecule has 2 heterocycles. The first-order valence-corrected chi connectivity index (χ1v) is 5.01. The Kier molecular flexibility index (Phi) is 2.16. The second kappa shape index (κ2) is 3.33. The Balaban J connectivity index is 2.31. The van der Waals surface area contributed by atoms with E-state index in [1.54, 1.807) is 11.4 Å². The van der Waals surface area contributed by atoms with Crippen molar-refractivity contribution in [1.29, 1.82) is 0 Å². The molecule has 6 nitrogen and oxygen atoms in total. The Hall–Kier alpha value is -1.50. The number of aromatic nitrogens is 4. The maximum absolute atomic E-state index is 11.1. The monoisotopic (exact) mass is 211 g/mol. The van der Waals surface area contributed by atoms with E-state index in [1.165, 1.54) is 11.3 Å². The van der Waals surface area contributed by atoms with Gasteiger partial charge in [-0.05, 0) is 6.92 Å². The zero-order valence-corrected chi connectivity index (χ0v) is 8.63. The molecule has 0 unspecified atom stereocenters. The van der Waals surface area contributed by atoms with Crippen LogP contribution in [-0.2, 0) is 4.79 Å². The van der Waals surface area contributed by atoms with Gasteiger partial charge in [-0.25, -0.2) is 0 Å². The van der Waals surface area contributed by atoms with Crippen LogP contribution in [-0.4, -0.2) is 25.7 Å². The van der Waals surface area contributed by atoms with Crippen LogP contribution in [0.5, 0.6) is 0 Å². The van der Waals surface area contributed by atoms with Gasteiger partial charge in [-0.15, -0.1) is 15.3 Å². The van der Waals surface area contributed by atoms with Gasteiger partial charge >= 0.3 is 0 Å². The van der Waals surface area contributed by atoms with Gasteiger partial charge in [0.2, 0.25) is 16.0 Å². The van der Waals surface area contributed by atoms with Crippen molar-refractivity contribution in [3.63, 3.8) is 0 Å². The van der Waals surface area contributed by atoms with Crippen molar-refractivity contribution >= 4 is 27.3 Å². The summed E-state index contributed by atoms with van der Waals surface area (Å²) in [5.74, 6) is 0.667. The normalized spacial score (nSPS) is 10.7. The molecule has 2 rings (SSSR count). The molecule has 0 saturated heterocycles. The van der Waals surface area contributed by atoms with Gasteiger partial charge < -0.3 is 5.32 Å².